The number of anilines is 1. The van der Waals surface area contributed by atoms with Crippen molar-refractivity contribution in [3.8, 4) is 17.0 Å². The normalized spacial score (nSPS) is 11.9. The van der Waals surface area contributed by atoms with Crippen LogP contribution in [0.2, 0.25) is 0 Å². The highest BCUT2D eigenvalue weighted by Gasteiger charge is 2.16. The van der Waals surface area contributed by atoms with Crippen molar-refractivity contribution in [2.75, 3.05) is 5.32 Å². The van der Waals surface area contributed by atoms with Crippen LogP contribution in [0.1, 0.15) is 12.6 Å². The van der Waals surface area contributed by atoms with E-state index in [2.05, 4.69) is 20.3 Å². The number of aromatic nitrogens is 3. The first-order valence-electron chi connectivity index (χ1n) is 8.80. The first-order chi connectivity index (χ1) is 13.6. The number of nitrogens with zero attached hydrogens (tertiary/aromatic N) is 3. The van der Waals surface area contributed by atoms with Gasteiger partial charge in [0.15, 0.2) is 11.2 Å². The summed E-state index contributed by atoms with van der Waals surface area (Å²) in [4.78, 5) is 25.6. The van der Waals surface area contributed by atoms with Crippen LogP contribution in [0.25, 0.3) is 22.3 Å². The Hall–Kier alpha value is -3.32. The number of hydrogen-bond acceptors (Lipinski definition) is 6. The van der Waals surface area contributed by atoms with Crippen molar-refractivity contribution in [1.29, 1.82) is 0 Å². The maximum atomic E-state index is 12.3. The van der Waals surface area contributed by atoms with E-state index in [0.29, 0.717) is 10.9 Å². The van der Waals surface area contributed by atoms with Crippen LogP contribution >= 0.6 is 11.3 Å². The third-order valence-corrected chi connectivity index (χ3v) is 5.01. The smallest absolute Gasteiger partial charge is 0.266 e. The molecule has 2 aromatic carbocycles. The molecule has 7 heteroatoms. The number of para-hydroxylation sites is 2. The number of benzene rings is 2. The number of carbonyl (C=O) groups is 1. The second kappa shape index (κ2) is 7.74. The van der Waals surface area contributed by atoms with Crippen molar-refractivity contribution in [3.63, 3.8) is 0 Å². The summed E-state index contributed by atoms with van der Waals surface area (Å²) >= 11 is 1.39. The lowest BCUT2D eigenvalue weighted by Gasteiger charge is -2.14. The molecule has 1 amide bonds. The predicted molar refractivity (Wildman–Crippen MR) is 111 cm³/mol. The number of rotatable bonds is 5. The Morgan fingerprint density at radius 3 is 2.54 bits per heavy atom. The fourth-order valence-corrected chi connectivity index (χ4v) is 3.37. The number of aryl methyl sites for hydroxylation is 1. The van der Waals surface area contributed by atoms with Crippen LogP contribution in [0.4, 0.5) is 5.13 Å². The number of nitrogens with one attached hydrogen (secondary N) is 1. The molecule has 0 bridgehead atoms. The van der Waals surface area contributed by atoms with Crippen LogP contribution in [0, 0.1) is 6.92 Å². The molecule has 0 radical (unpaired) electrons. The molecule has 0 aliphatic carbocycles. The number of fused-ring (bicyclic) bond motifs is 1. The predicted octanol–water partition coefficient (Wildman–Crippen LogP) is 4.47. The molecule has 0 fully saturated rings. The molecular weight excluding hydrogens is 372 g/mol. The quantitative estimate of drug-likeness (QED) is 0.544. The minimum absolute atomic E-state index is 0.237. The summed E-state index contributed by atoms with van der Waals surface area (Å²) in [5.41, 5.74) is 4.31. The van der Waals surface area contributed by atoms with E-state index in [4.69, 9.17) is 4.74 Å². The molecule has 1 N–H and O–H groups in total. The van der Waals surface area contributed by atoms with Crippen LogP contribution in [-0.4, -0.2) is 27.0 Å². The third-order valence-electron chi connectivity index (χ3n) is 4.13. The van der Waals surface area contributed by atoms with E-state index >= 15 is 0 Å². The topological polar surface area (TPSA) is 77.0 Å². The third kappa shape index (κ3) is 3.99. The van der Waals surface area contributed by atoms with Gasteiger partial charge in [-0.05, 0) is 50.2 Å². The van der Waals surface area contributed by atoms with Gasteiger partial charge in [-0.25, -0.2) is 9.97 Å². The zero-order valence-corrected chi connectivity index (χ0v) is 16.2. The standard InChI is InChI=1S/C21H18N4O2S/c1-13-12-28-21(23-13)25-20(26)14(2)27-16-9-7-15(8-10-16)19-11-22-17-5-3-4-6-18(17)24-19/h3-12,14H,1-2H3,(H,23,25,26)/t14-/m0/s1. The summed E-state index contributed by atoms with van der Waals surface area (Å²) in [5, 5.41) is 5.22. The molecule has 2 heterocycles. The molecular formula is C21H18N4O2S. The van der Waals surface area contributed by atoms with E-state index in [1.807, 2.05) is 60.8 Å². The van der Waals surface area contributed by atoms with Crippen molar-refractivity contribution in [1.82, 2.24) is 15.0 Å². The zero-order valence-electron chi connectivity index (χ0n) is 15.4. The highest BCUT2D eigenvalue weighted by atomic mass is 32.1. The lowest BCUT2D eigenvalue weighted by atomic mass is 10.1. The molecule has 6 nitrogen and oxygen atoms in total. The second-order valence-corrected chi connectivity index (χ2v) is 7.17. The van der Waals surface area contributed by atoms with E-state index < -0.39 is 6.10 Å². The molecule has 28 heavy (non-hydrogen) atoms. The molecule has 1 atom stereocenters. The number of hydrogen-bond donors (Lipinski definition) is 1. The molecule has 2 aromatic heterocycles. The average molecular weight is 390 g/mol. The van der Waals surface area contributed by atoms with Gasteiger partial charge in [0.05, 0.1) is 28.6 Å². The molecule has 0 unspecified atom stereocenters. The summed E-state index contributed by atoms with van der Waals surface area (Å²) in [7, 11) is 0. The van der Waals surface area contributed by atoms with Crippen molar-refractivity contribution >= 4 is 33.4 Å². The monoisotopic (exact) mass is 390 g/mol. The highest BCUT2D eigenvalue weighted by Crippen LogP contribution is 2.23. The van der Waals surface area contributed by atoms with Crippen LogP contribution in [-0.2, 0) is 4.79 Å². The second-order valence-electron chi connectivity index (χ2n) is 6.31. The fraction of sp³-hybridized carbons (Fsp3) is 0.143. The lowest BCUT2D eigenvalue weighted by molar-refractivity contribution is -0.122. The van der Waals surface area contributed by atoms with Crippen LogP contribution < -0.4 is 10.1 Å². The highest BCUT2D eigenvalue weighted by molar-refractivity contribution is 7.13. The minimum atomic E-state index is -0.643. The summed E-state index contributed by atoms with van der Waals surface area (Å²) < 4.78 is 5.75. The van der Waals surface area contributed by atoms with Gasteiger partial charge in [0.2, 0.25) is 0 Å². The number of carbonyl (C=O) groups excluding carboxylic acids is 1. The summed E-state index contributed by atoms with van der Waals surface area (Å²) in [6, 6.07) is 15.2. The van der Waals surface area contributed by atoms with Crippen molar-refractivity contribution in [2.24, 2.45) is 0 Å². The van der Waals surface area contributed by atoms with E-state index in [9.17, 15) is 4.79 Å². The van der Waals surface area contributed by atoms with E-state index in [0.717, 1.165) is 28.0 Å². The lowest BCUT2D eigenvalue weighted by Crippen LogP contribution is -2.30. The van der Waals surface area contributed by atoms with Gasteiger partial charge in [0, 0.05) is 10.9 Å². The molecule has 0 spiro atoms. The number of ether oxygens (including phenoxy) is 1. The van der Waals surface area contributed by atoms with Crippen LogP contribution in [0.15, 0.2) is 60.1 Å². The summed E-state index contributed by atoms with van der Waals surface area (Å²) in [6.45, 7) is 3.59. The van der Waals surface area contributed by atoms with Crippen molar-refractivity contribution < 1.29 is 9.53 Å². The molecule has 0 saturated carbocycles. The average Bonchev–Trinajstić information content (AvgIpc) is 3.12. The Morgan fingerprint density at radius 2 is 1.82 bits per heavy atom. The van der Waals surface area contributed by atoms with E-state index in [1.165, 1.54) is 11.3 Å². The van der Waals surface area contributed by atoms with Gasteiger partial charge in [-0.1, -0.05) is 12.1 Å². The van der Waals surface area contributed by atoms with Crippen LogP contribution in [0.5, 0.6) is 5.75 Å². The first-order valence-corrected chi connectivity index (χ1v) is 9.68. The Morgan fingerprint density at radius 1 is 1.07 bits per heavy atom. The van der Waals surface area contributed by atoms with E-state index in [-0.39, 0.29) is 5.91 Å². The molecule has 140 valence electrons. The molecule has 0 aliphatic rings. The Labute approximate surface area is 166 Å². The zero-order chi connectivity index (χ0) is 19.5. The molecule has 0 saturated heterocycles. The summed E-state index contributed by atoms with van der Waals surface area (Å²) in [5.74, 6) is 0.370. The van der Waals surface area contributed by atoms with Gasteiger partial charge in [0.1, 0.15) is 5.75 Å². The van der Waals surface area contributed by atoms with Crippen LogP contribution in [0.3, 0.4) is 0 Å². The fourth-order valence-electron chi connectivity index (χ4n) is 2.68. The Balaban J connectivity index is 1.44. The SMILES string of the molecule is Cc1csc(NC(=O)[C@H](C)Oc2ccc(-c3cnc4ccccc4n3)cc2)n1. The Bertz CT molecular complexity index is 1120. The maximum Gasteiger partial charge on any atom is 0.266 e. The van der Waals surface area contributed by atoms with Gasteiger partial charge in [-0.2, -0.15) is 0 Å². The number of amides is 1. The molecule has 0 aliphatic heterocycles. The molecule has 4 aromatic rings. The Kier molecular flexibility index (Phi) is 4.99. The minimum Gasteiger partial charge on any atom is -0.481 e. The van der Waals surface area contributed by atoms with Gasteiger partial charge in [0.25, 0.3) is 5.91 Å². The van der Waals surface area contributed by atoms with Gasteiger partial charge >= 0.3 is 0 Å². The van der Waals surface area contributed by atoms with Crippen molar-refractivity contribution in [2.45, 2.75) is 20.0 Å². The van der Waals surface area contributed by atoms with Gasteiger partial charge < -0.3 is 4.74 Å². The largest absolute Gasteiger partial charge is 0.481 e. The van der Waals surface area contributed by atoms with Crippen molar-refractivity contribution in [3.05, 3.63) is 65.8 Å². The number of thiazole rings is 1. The van der Waals surface area contributed by atoms with Gasteiger partial charge in [-0.15, -0.1) is 11.3 Å². The first kappa shape index (κ1) is 18.1. The van der Waals surface area contributed by atoms with E-state index in [1.54, 1.807) is 13.1 Å². The molecule has 4 rings (SSSR count). The maximum absolute atomic E-state index is 12.3. The van der Waals surface area contributed by atoms with Gasteiger partial charge in [-0.3, -0.25) is 15.1 Å². The summed E-state index contributed by atoms with van der Waals surface area (Å²) in [6.07, 6.45) is 1.11.